The summed E-state index contributed by atoms with van der Waals surface area (Å²) in [6, 6.07) is 9.76. The van der Waals surface area contributed by atoms with Crippen molar-refractivity contribution in [1.29, 1.82) is 0 Å². The predicted molar refractivity (Wildman–Crippen MR) is 57.1 cm³/mol. The lowest BCUT2D eigenvalue weighted by Gasteiger charge is -2.30. The topological polar surface area (TPSA) is 40.5 Å². The number of aliphatic hydroxyl groups is 1. The van der Waals surface area contributed by atoms with Crippen LogP contribution < -0.4 is 0 Å². The first-order valence-electron chi connectivity index (χ1n) is 5.15. The minimum atomic E-state index is -0.988. The number of hydrogen-bond donors (Lipinski definition) is 1. The molecule has 80 valence electrons. The van der Waals surface area contributed by atoms with E-state index in [1.165, 1.54) is 4.90 Å². The molecule has 1 aliphatic heterocycles. The zero-order chi connectivity index (χ0) is 10.9. The summed E-state index contributed by atoms with van der Waals surface area (Å²) in [6.07, 6.45) is 1.48. The van der Waals surface area contributed by atoms with E-state index in [0.29, 0.717) is 19.3 Å². The molecule has 1 unspecified atom stereocenters. The van der Waals surface area contributed by atoms with Gasteiger partial charge in [-0.2, -0.15) is 0 Å². The second kappa shape index (κ2) is 3.66. The average molecular weight is 205 g/mol. The van der Waals surface area contributed by atoms with Gasteiger partial charge in [-0.1, -0.05) is 30.3 Å². The fraction of sp³-hybridized carbons (Fsp3) is 0.417. The minimum Gasteiger partial charge on any atom is -0.370 e. The van der Waals surface area contributed by atoms with Crippen molar-refractivity contribution in [2.24, 2.45) is 0 Å². The Balaban J connectivity index is 2.15. The van der Waals surface area contributed by atoms with Gasteiger partial charge in [-0.15, -0.1) is 0 Å². The van der Waals surface area contributed by atoms with Gasteiger partial charge in [-0.3, -0.25) is 4.79 Å². The summed E-state index contributed by atoms with van der Waals surface area (Å²) in [5.74, 6) is 0.0217. The van der Waals surface area contributed by atoms with Gasteiger partial charge in [0.2, 0.25) is 5.91 Å². The Morgan fingerprint density at radius 2 is 2.07 bits per heavy atom. The van der Waals surface area contributed by atoms with Crippen molar-refractivity contribution < 1.29 is 9.90 Å². The third-order valence-electron chi connectivity index (χ3n) is 3.07. The number of amides is 1. The van der Waals surface area contributed by atoms with Gasteiger partial charge in [0.05, 0.1) is 0 Å². The number of hydrogen-bond acceptors (Lipinski definition) is 2. The van der Waals surface area contributed by atoms with Gasteiger partial charge in [-0.05, 0) is 5.56 Å². The maximum absolute atomic E-state index is 11.3. The quantitative estimate of drug-likeness (QED) is 0.787. The average Bonchev–Trinajstić information content (AvgIpc) is 2.48. The van der Waals surface area contributed by atoms with Gasteiger partial charge in [0.15, 0.2) is 0 Å². The van der Waals surface area contributed by atoms with Crippen molar-refractivity contribution in [3.63, 3.8) is 0 Å². The number of likely N-dealkylation sites (tertiary alicyclic amines) is 1. The number of carbonyl (C=O) groups is 1. The first-order chi connectivity index (χ1) is 7.12. The molecule has 3 heteroatoms. The zero-order valence-electron chi connectivity index (χ0n) is 8.81. The van der Waals surface area contributed by atoms with Crippen molar-refractivity contribution in [2.75, 3.05) is 7.05 Å². The number of benzene rings is 1. The molecule has 0 saturated carbocycles. The molecular weight excluding hydrogens is 190 g/mol. The number of rotatable bonds is 2. The molecule has 3 nitrogen and oxygen atoms in total. The highest BCUT2D eigenvalue weighted by Crippen LogP contribution is 2.29. The Morgan fingerprint density at radius 1 is 1.40 bits per heavy atom. The Morgan fingerprint density at radius 3 is 2.60 bits per heavy atom. The molecule has 1 aromatic carbocycles. The molecule has 1 heterocycles. The van der Waals surface area contributed by atoms with Crippen molar-refractivity contribution in [1.82, 2.24) is 4.90 Å². The fourth-order valence-electron chi connectivity index (χ4n) is 2.00. The molecule has 15 heavy (non-hydrogen) atoms. The SMILES string of the molecule is CN1C(=O)CCC1(O)Cc1ccccc1. The standard InChI is InChI=1S/C12H15NO2/c1-13-11(14)7-8-12(13,15)9-10-5-3-2-4-6-10/h2-6,15H,7-9H2,1H3. The lowest BCUT2D eigenvalue weighted by atomic mass is 10.0. The molecule has 1 saturated heterocycles. The van der Waals surface area contributed by atoms with E-state index in [1.807, 2.05) is 30.3 Å². The summed E-state index contributed by atoms with van der Waals surface area (Å²) in [7, 11) is 1.66. The van der Waals surface area contributed by atoms with Crippen LogP contribution in [0.5, 0.6) is 0 Å². The molecule has 1 atom stereocenters. The Hall–Kier alpha value is -1.35. The maximum atomic E-state index is 11.3. The van der Waals surface area contributed by atoms with E-state index in [9.17, 15) is 9.90 Å². The molecule has 1 aliphatic rings. The van der Waals surface area contributed by atoms with Crippen LogP contribution in [-0.4, -0.2) is 28.7 Å². The molecule has 0 aromatic heterocycles. The first kappa shape index (κ1) is 10.2. The van der Waals surface area contributed by atoms with Gasteiger partial charge in [0, 0.05) is 26.3 Å². The van der Waals surface area contributed by atoms with Gasteiger partial charge < -0.3 is 10.0 Å². The number of carbonyl (C=O) groups excluding carboxylic acids is 1. The molecule has 1 amide bonds. The van der Waals surface area contributed by atoms with E-state index in [0.717, 1.165) is 5.56 Å². The summed E-state index contributed by atoms with van der Waals surface area (Å²) < 4.78 is 0. The summed E-state index contributed by atoms with van der Waals surface area (Å²) in [5.41, 5.74) is 0.0693. The molecule has 0 spiro atoms. The molecule has 2 rings (SSSR count). The van der Waals surface area contributed by atoms with Crippen molar-refractivity contribution in [3.05, 3.63) is 35.9 Å². The van der Waals surface area contributed by atoms with E-state index in [-0.39, 0.29) is 5.91 Å². The molecule has 1 fully saturated rings. The molecule has 0 bridgehead atoms. The molecule has 0 aliphatic carbocycles. The van der Waals surface area contributed by atoms with Gasteiger partial charge in [0.1, 0.15) is 5.72 Å². The lowest BCUT2D eigenvalue weighted by molar-refractivity contribution is -0.141. The van der Waals surface area contributed by atoms with E-state index in [1.54, 1.807) is 7.05 Å². The zero-order valence-corrected chi connectivity index (χ0v) is 8.81. The highest BCUT2D eigenvalue weighted by Gasteiger charge is 2.41. The molecule has 1 N–H and O–H groups in total. The smallest absolute Gasteiger partial charge is 0.224 e. The Labute approximate surface area is 89.3 Å². The summed E-state index contributed by atoms with van der Waals surface area (Å²) in [6.45, 7) is 0. The van der Waals surface area contributed by atoms with Gasteiger partial charge in [0.25, 0.3) is 0 Å². The van der Waals surface area contributed by atoms with Crippen LogP contribution in [0, 0.1) is 0 Å². The Bertz CT molecular complexity index is 363. The van der Waals surface area contributed by atoms with E-state index in [2.05, 4.69) is 0 Å². The largest absolute Gasteiger partial charge is 0.370 e. The van der Waals surface area contributed by atoms with Crippen LogP contribution in [0.3, 0.4) is 0 Å². The van der Waals surface area contributed by atoms with Crippen molar-refractivity contribution in [3.8, 4) is 0 Å². The highest BCUT2D eigenvalue weighted by molar-refractivity contribution is 5.79. The third kappa shape index (κ3) is 1.88. The summed E-state index contributed by atoms with van der Waals surface area (Å²) in [5, 5.41) is 10.3. The predicted octanol–water partition coefficient (Wildman–Crippen LogP) is 1.17. The minimum absolute atomic E-state index is 0.0217. The third-order valence-corrected chi connectivity index (χ3v) is 3.07. The van der Waals surface area contributed by atoms with Crippen LogP contribution in [0.2, 0.25) is 0 Å². The normalized spacial score (nSPS) is 26.0. The molecule has 1 aromatic rings. The van der Waals surface area contributed by atoms with E-state index in [4.69, 9.17) is 0 Å². The maximum Gasteiger partial charge on any atom is 0.224 e. The summed E-state index contributed by atoms with van der Waals surface area (Å²) in [4.78, 5) is 12.8. The highest BCUT2D eigenvalue weighted by atomic mass is 16.3. The van der Waals surface area contributed by atoms with Gasteiger partial charge in [-0.25, -0.2) is 0 Å². The van der Waals surface area contributed by atoms with Crippen LogP contribution >= 0.6 is 0 Å². The molecular formula is C12H15NO2. The van der Waals surface area contributed by atoms with Crippen molar-refractivity contribution in [2.45, 2.75) is 25.0 Å². The van der Waals surface area contributed by atoms with E-state index < -0.39 is 5.72 Å². The molecule has 0 radical (unpaired) electrons. The van der Waals surface area contributed by atoms with Gasteiger partial charge >= 0.3 is 0 Å². The second-order valence-corrected chi connectivity index (χ2v) is 4.10. The van der Waals surface area contributed by atoms with Crippen LogP contribution in [0.4, 0.5) is 0 Å². The van der Waals surface area contributed by atoms with Crippen molar-refractivity contribution >= 4 is 5.91 Å². The number of likely N-dealkylation sites (N-methyl/N-ethyl adjacent to an activating group) is 1. The Kier molecular flexibility index (Phi) is 2.49. The van der Waals surface area contributed by atoms with Crippen LogP contribution in [0.15, 0.2) is 30.3 Å². The monoisotopic (exact) mass is 205 g/mol. The lowest BCUT2D eigenvalue weighted by Crippen LogP contribution is -2.44. The second-order valence-electron chi connectivity index (χ2n) is 4.10. The summed E-state index contributed by atoms with van der Waals surface area (Å²) >= 11 is 0. The van der Waals surface area contributed by atoms with Crippen LogP contribution in [-0.2, 0) is 11.2 Å². The van der Waals surface area contributed by atoms with E-state index >= 15 is 0 Å². The first-order valence-corrected chi connectivity index (χ1v) is 5.15. The van der Waals surface area contributed by atoms with Crippen LogP contribution in [0.1, 0.15) is 18.4 Å². The van der Waals surface area contributed by atoms with Crippen LogP contribution in [0.25, 0.3) is 0 Å². The fourth-order valence-corrected chi connectivity index (χ4v) is 2.00. The number of nitrogens with zero attached hydrogens (tertiary/aromatic N) is 1.